The molecule has 1 aliphatic heterocycles. The minimum atomic E-state index is -1.38. The predicted octanol–water partition coefficient (Wildman–Crippen LogP) is 3.06. The van der Waals surface area contributed by atoms with Gasteiger partial charge in [-0.1, -0.05) is 0 Å². The molecule has 0 bridgehead atoms. The van der Waals surface area contributed by atoms with Crippen molar-refractivity contribution < 1.29 is 13.8 Å². The Bertz CT molecular complexity index is 1320. The monoisotopic (exact) mass is 503 g/mol. The minimum absolute atomic E-state index is 0.0823. The van der Waals surface area contributed by atoms with E-state index in [-0.39, 0.29) is 17.1 Å². The molecule has 1 saturated carbocycles. The Hall–Kier alpha value is -2.59. The van der Waals surface area contributed by atoms with Gasteiger partial charge in [0, 0.05) is 36.5 Å². The molecule has 3 heterocycles. The third kappa shape index (κ3) is 4.46. The average Bonchev–Trinajstić information content (AvgIpc) is 3.44. The van der Waals surface area contributed by atoms with E-state index in [0.717, 1.165) is 23.7 Å². The zero-order chi connectivity index (χ0) is 23.1. The molecule has 33 heavy (non-hydrogen) atoms. The van der Waals surface area contributed by atoms with Gasteiger partial charge in [0.2, 0.25) is 0 Å². The topological polar surface area (TPSA) is 118 Å². The number of hydrogen-bond acceptors (Lipinski definition) is 8. The van der Waals surface area contributed by atoms with Gasteiger partial charge in [-0.3, -0.25) is 4.79 Å². The molecule has 0 spiro atoms. The number of nitrogens with one attached hydrogen (secondary N) is 2. The van der Waals surface area contributed by atoms with Crippen LogP contribution in [-0.4, -0.2) is 38.3 Å². The van der Waals surface area contributed by atoms with Crippen molar-refractivity contribution in [2.45, 2.75) is 19.4 Å². The largest absolute Gasteiger partial charge is 0.505 e. The van der Waals surface area contributed by atoms with Crippen molar-refractivity contribution in [3.63, 3.8) is 0 Å². The lowest BCUT2D eigenvalue weighted by atomic mass is 10.1. The molecule has 1 fully saturated rings. The summed E-state index contributed by atoms with van der Waals surface area (Å²) >= 11 is 1.49. The van der Waals surface area contributed by atoms with E-state index in [2.05, 4.69) is 19.9 Å². The minimum Gasteiger partial charge on any atom is -0.505 e. The molecule has 5 rings (SSSR count). The lowest BCUT2D eigenvalue weighted by Gasteiger charge is -2.26. The second-order valence-electron chi connectivity index (χ2n) is 7.82. The first-order valence-corrected chi connectivity index (χ1v) is 14.0. The Morgan fingerprint density at radius 3 is 2.88 bits per heavy atom. The second kappa shape index (κ2) is 8.98. The normalized spacial score (nSPS) is 18.2. The van der Waals surface area contributed by atoms with Gasteiger partial charge in [0.15, 0.2) is 14.0 Å². The molecule has 3 aromatic rings. The predicted molar refractivity (Wildman–Crippen MR) is 133 cm³/mol. The van der Waals surface area contributed by atoms with E-state index in [1.54, 1.807) is 25.5 Å². The molecule has 1 aliphatic carbocycles. The number of thiophene rings is 1. The summed E-state index contributed by atoms with van der Waals surface area (Å²) in [7, 11) is -1.03. The summed E-state index contributed by atoms with van der Waals surface area (Å²) in [6.45, 7) is 0.509. The van der Waals surface area contributed by atoms with Crippen LogP contribution in [0.2, 0.25) is 0 Å². The Balaban J connectivity index is 1.65. The fourth-order valence-electron chi connectivity index (χ4n) is 3.61. The van der Waals surface area contributed by atoms with Crippen LogP contribution >= 0.6 is 19.6 Å². The molecule has 12 heteroatoms. The van der Waals surface area contributed by atoms with E-state index < -0.39 is 24.8 Å². The van der Waals surface area contributed by atoms with Crippen LogP contribution in [0.15, 0.2) is 44.8 Å². The SMILES string of the molecule is COP1NC(c2c(O)c(-c3ccsc3)nn(CC3CC3)c2=O)=Nc2ccc(NS(C)=O)cc21. The number of rotatable bonds is 7. The molecule has 2 unspecified atom stereocenters. The summed E-state index contributed by atoms with van der Waals surface area (Å²) < 4.78 is 21.5. The van der Waals surface area contributed by atoms with Crippen LogP contribution in [0, 0.1) is 5.92 Å². The summed E-state index contributed by atoms with van der Waals surface area (Å²) in [6.07, 6.45) is 3.69. The fraction of sp³-hybridized carbons (Fsp3) is 0.286. The van der Waals surface area contributed by atoms with Crippen molar-refractivity contribution in [1.82, 2.24) is 14.9 Å². The van der Waals surface area contributed by atoms with Crippen LogP contribution in [0.25, 0.3) is 11.3 Å². The molecular formula is C21H22N5O4PS2. The highest BCUT2D eigenvalue weighted by Crippen LogP contribution is 2.41. The molecule has 1 aromatic carbocycles. The zero-order valence-corrected chi connectivity index (χ0v) is 20.5. The van der Waals surface area contributed by atoms with Crippen LogP contribution in [0.4, 0.5) is 11.4 Å². The van der Waals surface area contributed by atoms with Gasteiger partial charge in [-0.25, -0.2) is 13.9 Å². The number of fused-ring (bicyclic) bond motifs is 1. The first-order chi connectivity index (χ1) is 15.9. The Labute approximate surface area is 198 Å². The number of amidine groups is 1. The van der Waals surface area contributed by atoms with Gasteiger partial charge in [0.1, 0.15) is 28.1 Å². The first kappa shape index (κ1) is 22.2. The van der Waals surface area contributed by atoms with Crippen LogP contribution < -0.4 is 20.7 Å². The van der Waals surface area contributed by atoms with Gasteiger partial charge in [-0.05, 0) is 48.4 Å². The fourth-order valence-corrected chi connectivity index (χ4v) is 6.06. The Kier molecular flexibility index (Phi) is 6.05. The van der Waals surface area contributed by atoms with Gasteiger partial charge in [-0.15, -0.1) is 0 Å². The molecule has 9 nitrogen and oxygen atoms in total. The van der Waals surface area contributed by atoms with Gasteiger partial charge in [0.25, 0.3) is 5.56 Å². The van der Waals surface area contributed by atoms with Gasteiger partial charge >= 0.3 is 0 Å². The van der Waals surface area contributed by atoms with E-state index in [1.807, 2.05) is 22.9 Å². The third-order valence-electron chi connectivity index (χ3n) is 5.37. The molecule has 2 atom stereocenters. The van der Waals surface area contributed by atoms with Crippen molar-refractivity contribution in [1.29, 1.82) is 0 Å². The van der Waals surface area contributed by atoms with E-state index in [4.69, 9.17) is 4.52 Å². The number of nitrogens with zero attached hydrogens (tertiary/aromatic N) is 3. The van der Waals surface area contributed by atoms with Crippen molar-refractivity contribution >= 4 is 53.1 Å². The number of benzene rings is 1. The summed E-state index contributed by atoms with van der Waals surface area (Å²) in [6, 6.07) is 7.24. The van der Waals surface area contributed by atoms with Gasteiger partial charge in [-0.2, -0.15) is 16.4 Å². The Morgan fingerprint density at radius 1 is 1.39 bits per heavy atom. The molecule has 0 radical (unpaired) electrons. The number of aliphatic imine (C=N–C) groups is 1. The molecule has 0 saturated heterocycles. The number of hydrogen-bond donors (Lipinski definition) is 3. The van der Waals surface area contributed by atoms with E-state index in [0.29, 0.717) is 29.5 Å². The van der Waals surface area contributed by atoms with E-state index in [9.17, 15) is 14.1 Å². The van der Waals surface area contributed by atoms with Gasteiger partial charge in [0.05, 0.1) is 11.0 Å². The Morgan fingerprint density at radius 2 is 2.21 bits per heavy atom. The quantitative estimate of drug-likeness (QED) is 0.427. The highest BCUT2D eigenvalue weighted by atomic mass is 32.2. The number of aromatic nitrogens is 2. The summed E-state index contributed by atoms with van der Waals surface area (Å²) in [5.74, 6) is 0.475. The highest BCUT2D eigenvalue weighted by molar-refractivity contribution is 7.85. The number of aromatic hydroxyl groups is 1. The van der Waals surface area contributed by atoms with Crippen molar-refractivity contribution in [3.8, 4) is 17.0 Å². The standard InChI is InChI=1S/C21H22N5O4PS2/c1-30-31-16-9-14(25-33(2)29)5-6-15(16)22-20(24-31)17-19(27)18(13-7-8-32-11-13)23-26(21(17)28)10-12-3-4-12/h5-9,11-12,25,27H,3-4,10H2,1-2H3,(H,22,24). The second-order valence-corrected chi connectivity index (χ2v) is 11.4. The summed E-state index contributed by atoms with van der Waals surface area (Å²) in [5, 5.41) is 23.4. The number of anilines is 1. The zero-order valence-electron chi connectivity index (χ0n) is 17.9. The molecule has 2 aliphatic rings. The van der Waals surface area contributed by atoms with E-state index in [1.165, 1.54) is 16.0 Å². The van der Waals surface area contributed by atoms with Crippen LogP contribution in [0.5, 0.6) is 5.75 Å². The first-order valence-electron chi connectivity index (χ1n) is 10.3. The average molecular weight is 504 g/mol. The molecular weight excluding hydrogens is 481 g/mol. The molecule has 0 amide bonds. The highest BCUT2D eigenvalue weighted by Gasteiger charge is 2.31. The third-order valence-corrected chi connectivity index (χ3v) is 8.15. The maximum absolute atomic E-state index is 13.4. The smallest absolute Gasteiger partial charge is 0.281 e. The van der Waals surface area contributed by atoms with Crippen molar-refractivity contribution in [2.75, 3.05) is 18.1 Å². The van der Waals surface area contributed by atoms with Crippen LogP contribution in [-0.2, 0) is 22.1 Å². The molecule has 172 valence electrons. The summed E-state index contributed by atoms with van der Waals surface area (Å²) in [5.41, 5.74) is 2.09. The molecule has 3 N–H and O–H groups in total. The maximum Gasteiger partial charge on any atom is 0.281 e. The van der Waals surface area contributed by atoms with Gasteiger partial charge < -0.3 is 19.4 Å². The summed E-state index contributed by atoms with van der Waals surface area (Å²) in [4.78, 5) is 18.1. The van der Waals surface area contributed by atoms with Crippen molar-refractivity contribution in [3.05, 3.63) is 50.9 Å². The van der Waals surface area contributed by atoms with E-state index >= 15 is 0 Å². The lowest BCUT2D eigenvalue weighted by Crippen LogP contribution is -2.37. The molecule has 2 aromatic heterocycles. The maximum atomic E-state index is 13.4. The van der Waals surface area contributed by atoms with Crippen LogP contribution in [0.3, 0.4) is 0 Å². The lowest BCUT2D eigenvalue weighted by molar-refractivity contribution is 0.455. The van der Waals surface area contributed by atoms with Crippen molar-refractivity contribution in [2.24, 2.45) is 10.9 Å². The van der Waals surface area contributed by atoms with Crippen LogP contribution in [0.1, 0.15) is 18.4 Å².